The molecule has 1 heterocycles. The molecule has 2 unspecified atom stereocenters. The highest BCUT2D eigenvalue weighted by Gasteiger charge is 2.38. The fourth-order valence-electron chi connectivity index (χ4n) is 5.72. The van der Waals surface area contributed by atoms with Gasteiger partial charge in [-0.1, -0.05) is 90.1 Å². The van der Waals surface area contributed by atoms with E-state index in [-0.39, 0.29) is 17.9 Å². The Hall–Kier alpha value is -2.20. The van der Waals surface area contributed by atoms with E-state index in [0.717, 1.165) is 29.7 Å². The summed E-state index contributed by atoms with van der Waals surface area (Å²) in [7, 11) is 0. The van der Waals surface area contributed by atoms with Gasteiger partial charge in [0, 0.05) is 29.7 Å². The monoisotopic (exact) mass is 526 g/mol. The molecule has 0 aromatic heterocycles. The quantitative estimate of drug-likeness (QED) is 0.335. The van der Waals surface area contributed by atoms with E-state index in [1.54, 1.807) is 6.07 Å². The molecule has 6 heteroatoms. The van der Waals surface area contributed by atoms with Gasteiger partial charge >= 0.3 is 0 Å². The normalized spacial score (nSPS) is 19.7. The number of benzene rings is 3. The Morgan fingerprint density at radius 1 is 0.829 bits per heavy atom. The Kier molecular flexibility index (Phi) is 7.57. The minimum Gasteiger partial charge on any atom is -0.360 e. The molecule has 3 aromatic carbocycles. The van der Waals surface area contributed by atoms with E-state index in [1.807, 2.05) is 54.6 Å². The molecule has 1 saturated carbocycles. The van der Waals surface area contributed by atoms with Crippen LogP contribution in [-0.2, 0) is 4.79 Å². The second kappa shape index (κ2) is 10.8. The highest BCUT2D eigenvalue weighted by Crippen LogP contribution is 2.41. The van der Waals surface area contributed by atoms with Crippen LogP contribution in [0.4, 0.5) is 5.69 Å². The molecule has 0 bridgehead atoms. The first-order valence-electron chi connectivity index (χ1n) is 12.3. The number of amides is 1. The van der Waals surface area contributed by atoms with Gasteiger partial charge in [-0.05, 0) is 60.2 Å². The predicted octanol–water partition coefficient (Wildman–Crippen LogP) is 8.01. The van der Waals surface area contributed by atoms with Crippen LogP contribution < -0.4 is 4.90 Å². The maximum atomic E-state index is 14.1. The molecule has 3 nitrogen and oxygen atoms in total. The van der Waals surface area contributed by atoms with Gasteiger partial charge in [0.05, 0.1) is 22.7 Å². The van der Waals surface area contributed by atoms with Crippen molar-refractivity contribution >= 4 is 46.4 Å². The van der Waals surface area contributed by atoms with Gasteiger partial charge in [-0.25, -0.2) is 0 Å². The van der Waals surface area contributed by atoms with Crippen molar-refractivity contribution in [2.24, 2.45) is 5.92 Å². The molecular weight excluding hydrogens is 499 g/mol. The molecule has 2 atom stereocenters. The van der Waals surface area contributed by atoms with E-state index in [0.29, 0.717) is 40.6 Å². The topological polar surface area (TPSA) is 23.6 Å². The Balaban J connectivity index is 1.47. The molecule has 2 fully saturated rings. The van der Waals surface area contributed by atoms with Crippen LogP contribution in [0.1, 0.15) is 48.8 Å². The molecule has 3 aromatic rings. The summed E-state index contributed by atoms with van der Waals surface area (Å²) in [6.45, 7) is 1.93. The molecule has 0 N–H and O–H groups in total. The summed E-state index contributed by atoms with van der Waals surface area (Å²) in [5, 5.41) is 1.92. The maximum absolute atomic E-state index is 14.1. The van der Waals surface area contributed by atoms with E-state index in [4.69, 9.17) is 34.8 Å². The van der Waals surface area contributed by atoms with E-state index in [9.17, 15) is 4.79 Å². The highest BCUT2D eigenvalue weighted by molar-refractivity contribution is 6.36. The minimum atomic E-state index is -0.0877. The number of hydrogen-bond acceptors (Lipinski definition) is 2. The van der Waals surface area contributed by atoms with Crippen molar-refractivity contribution in [2.45, 2.75) is 37.6 Å². The average Bonchev–Trinajstić information content (AvgIpc) is 3.40. The number of anilines is 1. The van der Waals surface area contributed by atoms with Crippen molar-refractivity contribution in [2.75, 3.05) is 24.5 Å². The number of nitrogens with zero attached hydrogens (tertiary/aromatic N) is 2. The van der Waals surface area contributed by atoms with Gasteiger partial charge in [0.2, 0.25) is 5.91 Å². The first-order chi connectivity index (χ1) is 17.0. The number of piperazine rings is 1. The van der Waals surface area contributed by atoms with Gasteiger partial charge in [0.1, 0.15) is 0 Å². The van der Waals surface area contributed by atoms with E-state index in [1.165, 1.54) is 12.8 Å². The molecule has 35 heavy (non-hydrogen) atoms. The Labute approximate surface area is 222 Å². The SMILES string of the molecule is O=C(C(c1ccccc1)C1CCCC1)N1CCN(c2ccc(Cl)cc2Cl)C(c2ccc(Cl)cc2)C1. The lowest BCUT2D eigenvalue weighted by molar-refractivity contribution is -0.135. The molecule has 0 spiro atoms. The lowest BCUT2D eigenvalue weighted by Gasteiger charge is -2.44. The molecule has 1 aliphatic heterocycles. The smallest absolute Gasteiger partial charge is 0.230 e. The zero-order chi connectivity index (χ0) is 24.4. The van der Waals surface area contributed by atoms with Gasteiger partial charge in [-0.3, -0.25) is 4.79 Å². The Morgan fingerprint density at radius 3 is 2.20 bits per heavy atom. The highest BCUT2D eigenvalue weighted by atomic mass is 35.5. The average molecular weight is 528 g/mol. The summed E-state index contributed by atoms with van der Waals surface area (Å²) in [6, 6.07) is 23.8. The fraction of sp³-hybridized carbons (Fsp3) is 0.345. The second-order valence-corrected chi connectivity index (χ2v) is 10.9. The summed E-state index contributed by atoms with van der Waals surface area (Å²) < 4.78 is 0. The largest absolute Gasteiger partial charge is 0.360 e. The number of rotatable bonds is 5. The lowest BCUT2D eigenvalue weighted by atomic mass is 9.83. The van der Waals surface area contributed by atoms with Crippen LogP contribution in [0.25, 0.3) is 0 Å². The third kappa shape index (κ3) is 5.33. The number of carbonyl (C=O) groups is 1. The van der Waals surface area contributed by atoms with Crippen LogP contribution in [0.5, 0.6) is 0 Å². The van der Waals surface area contributed by atoms with E-state index in [2.05, 4.69) is 21.9 Å². The summed E-state index contributed by atoms with van der Waals surface area (Å²) in [5.41, 5.74) is 3.17. The zero-order valence-electron chi connectivity index (χ0n) is 19.5. The van der Waals surface area contributed by atoms with Gasteiger partial charge in [-0.15, -0.1) is 0 Å². The zero-order valence-corrected chi connectivity index (χ0v) is 21.8. The summed E-state index contributed by atoms with van der Waals surface area (Å²) in [6.07, 6.45) is 4.65. The molecule has 5 rings (SSSR count). The standard InChI is InChI=1S/C29H29Cl3N2O/c30-23-12-10-20(11-13-23)27-19-33(16-17-34(27)26-15-14-24(31)18-25(26)32)29(35)28(22-8-4-5-9-22)21-6-2-1-3-7-21/h1-3,6-7,10-15,18,22,27-28H,4-5,8-9,16-17,19H2. The van der Waals surface area contributed by atoms with Crippen LogP contribution in [0.2, 0.25) is 15.1 Å². The predicted molar refractivity (Wildman–Crippen MR) is 146 cm³/mol. The van der Waals surface area contributed by atoms with E-state index < -0.39 is 0 Å². The van der Waals surface area contributed by atoms with Crippen molar-refractivity contribution in [1.29, 1.82) is 0 Å². The minimum absolute atomic E-state index is 0.0383. The molecule has 2 aliphatic rings. The first-order valence-corrected chi connectivity index (χ1v) is 13.5. The molecule has 1 saturated heterocycles. The number of halogens is 3. The first kappa shape index (κ1) is 24.5. The van der Waals surface area contributed by atoms with Crippen LogP contribution in [0.3, 0.4) is 0 Å². The van der Waals surface area contributed by atoms with Crippen LogP contribution in [0, 0.1) is 5.92 Å². The van der Waals surface area contributed by atoms with Crippen molar-refractivity contribution in [1.82, 2.24) is 4.90 Å². The van der Waals surface area contributed by atoms with Gasteiger partial charge in [-0.2, -0.15) is 0 Å². The summed E-state index contributed by atoms with van der Waals surface area (Å²) in [4.78, 5) is 18.5. The molecular formula is C29H29Cl3N2O. The number of carbonyl (C=O) groups excluding carboxylic acids is 1. The van der Waals surface area contributed by atoms with Crippen molar-refractivity contribution in [3.05, 3.63) is 99.0 Å². The Morgan fingerprint density at radius 2 is 1.51 bits per heavy atom. The molecule has 1 amide bonds. The molecule has 0 radical (unpaired) electrons. The van der Waals surface area contributed by atoms with Gasteiger partial charge in [0.25, 0.3) is 0 Å². The Bertz CT molecular complexity index is 1160. The van der Waals surface area contributed by atoms with Crippen LogP contribution >= 0.6 is 34.8 Å². The maximum Gasteiger partial charge on any atom is 0.230 e. The van der Waals surface area contributed by atoms with Crippen molar-refractivity contribution in [3.8, 4) is 0 Å². The third-order valence-electron chi connectivity index (χ3n) is 7.46. The third-order valence-corrected chi connectivity index (χ3v) is 8.25. The second-order valence-electron chi connectivity index (χ2n) is 9.57. The molecule has 182 valence electrons. The van der Waals surface area contributed by atoms with Gasteiger partial charge in [0.15, 0.2) is 0 Å². The summed E-state index contributed by atoms with van der Waals surface area (Å²) >= 11 is 19.0. The fourth-order valence-corrected chi connectivity index (χ4v) is 6.36. The van der Waals surface area contributed by atoms with Gasteiger partial charge < -0.3 is 9.80 Å². The van der Waals surface area contributed by atoms with E-state index >= 15 is 0 Å². The van der Waals surface area contributed by atoms with Crippen molar-refractivity contribution in [3.63, 3.8) is 0 Å². The molecule has 1 aliphatic carbocycles. The van der Waals surface area contributed by atoms with Crippen LogP contribution in [-0.4, -0.2) is 30.4 Å². The summed E-state index contributed by atoms with van der Waals surface area (Å²) in [5.74, 6) is 0.557. The van der Waals surface area contributed by atoms with Crippen LogP contribution in [0.15, 0.2) is 72.8 Å². The lowest BCUT2D eigenvalue weighted by Crippen LogP contribution is -2.52. The van der Waals surface area contributed by atoms with Crippen molar-refractivity contribution < 1.29 is 4.79 Å². The number of hydrogen-bond donors (Lipinski definition) is 0.